The Morgan fingerprint density at radius 3 is 2.56 bits per heavy atom. The molecule has 3 aliphatic rings. The maximum atomic E-state index is 10.3. The molecule has 3 unspecified atom stereocenters. The Balaban J connectivity index is 1.31. The van der Waals surface area contributed by atoms with Gasteiger partial charge in [0.1, 0.15) is 17.9 Å². The van der Waals surface area contributed by atoms with Gasteiger partial charge in [-0.05, 0) is 74.8 Å². The number of aliphatic hydroxyl groups excluding tert-OH is 1. The molecule has 2 N–H and O–H groups in total. The van der Waals surface area contributed by atoms with Gasteiger partial charge >= 0.3 is 0 Å². The Morgan fingerprint density at radius 2 is 1.92 bits per heavy atom. The third kappa shape index (κ3) is 4.57. The molecule has 188 valence electrons. The topological polar surface area (TPSA) is 88.7 Å². The van der Waals surface area contributed by atoms with Gasteiger partial charge in [0.25, 0.3) is 0 Å². The number of rotatable bonds is 9. The first-order chi connectivity index (χ1) is 17.6. The number of fused-ring (bicyclic) bond motifs is 1. The highest BCUT2D eigenvalue weighted by molar-refractivity contribution is 5.95. The molecule has 7 heteroatoms. The Bertz CT molecular complexity index is 1260. The first kappa shape index (κ1) is 23.4. The minimum absolute atomic E-state index is 0.0400. The third-order valence-electron chi connectivity index (χ3n) is 7.80. The fraction of sp³-hybridized carbons (Fsp3) is 0.483. The van der Waals surface area contributed by atoms with Crippen molar-refractivity contribution in [3.63, 3.8) is 0 Å². The molecule has 2 aliphatic carbocycles. The number of nitriles is 1. The molecule has 0 spiro atoms. The molecule has 6 rings (SSSR count). The lowest BCUT2D eigenvalue weighted by Crippen LogP contribution is -2.28. The van der Waals surface area contributed by atoms with Crippen molar-refractivity contribution in [3.05, 3.63) is 48.0 Å². The third-order valence-corrected chi connectivity index (χ3v) is 7.80. The molecule has 1 saturated heterocycles. The summed E-state index contributed by atoms with van der Waals surface area (Å²) in [6, 6.07) is 16.8. The van der Waals surface area contributed by atoms with E-state index in [1.165, 1.54) is 19.3 Å². The van der Waals surface area contributed by atoms with Crippen LogP contribution in [0.3, 0.4) is 0 Å². The molecule has 1 aromatic heterocycles. The highest BCUT2D eigenvalue weighted by atomic mass is 16.6. The summed E-state index contributed by atoms with van der Waals surface area (Å²) in [5.41, 5.74) is 4.43. The summed E-state index contributed by atoms with van der Waals surface area (Å²) in [4.78, 5) is 0. The van der Waals surface area contributed by atoms with Crippen molar-refractivity contribution in [1.82, 2.24) is 4.57 Å². The predicted molar refractivity (Wildman–Crippen MR) is 138 cm³/mol. The van der Waals surface area contributed by atoms with Crippen LogP contribution in [0.4, 0.5) is 5.69 Å². The second-order valence-corrected chi connectivity index (χ2v) is 10.3. The SMILES string of the molecule is CC(OC(O)Nc1ccc(-c2c(C#N)c3ccc(OC4CCOC4)cc3n2C2CCC2)cc1)C1CC1. The van der Waals surface area contributed by atoms with Gasteiger partial charge in [0, 0.05) is 29.6 Å². The smallest absolute Gasteiger partial charge is 0.235 e. The zero-order valence-corrected chi connectivity index (χ0v) is 20.7. The molecule has 2 aromatic carbocycles. The molecule has 36 heavy (non-hydrogen) atoms. The van der Waals surface area contributed by atoms with E-state index >= 15 is 0 Å². The van der Waals surface area contributed by atoms with Gasteiger partial charge in [-0.1, -0.05) is 12.1 Å². The zero-order valence-electron chi connectivity index (χ0n) is 20.7. The maximum Gasteiger partial charge on any atom is 0.235 e. The van der Waals surface area contributed by atoms with Gasteiger partial charge in [-0.15, -0.1) is 0 Å². The van der Waals surface area contributed by atoms with Gasteiger partial charge in [0.15, 0.2) is 0 Å². The molecule has 7 nitrogen and oxygen atoms in total. The van der Waals surface area contributed by atoms with Crippen LogP contribution < -0.4 is 10.1 Å². The quantitative estimate of drug-likeness (QED) is 0.383. The summed E-state index contributed by atoms with van der Waals surface area (Å²) in [5.74, 6) is 1.38. The first-order valence-electron chi connectivity index (χ1n) is 13.1. The highest BCUT2D eigenvalue weighted by Gasteiger charge is 2.30. The van der Waals surface area contributed by atoms with Crippen LogP contribution in [0, 0.1) is 17.2 Å². The number of nitrogens with zero attached hydrogens (tertiary/aromatic N) is 2. The van der Waals surface area contributed by atoms with Crippen molar-refractivity contribution < 1.29 is 19.3 Å². The van der Waals surface area contributed by atoms with Gasteiger partial charge in [-0.25, -0.2) is 0 Å². The van der Waals surface area contributed by atoms with Gasteiger partial charge in [-0.3, -0.25) is 0 Å². The molecule has 3 fully saturated rings. The lowest BCUT2D eigenvalue weighted by atomic mass is 9.92. The zero-order chi connectivity index (χ0) is 24.6. The number of nitrogens with one attached hydrogen (secondary N) is 1. The molecule has 2 heterocycles. The Hall–Kier alpha value is -3.05. The van der Waals surface area contributed by atoms with Crippen LogP contribution in [-0.2, 0) is 9.47 Å². The van der Waals surface area contributed by atoms with E-state index in [1.807, 2.05) is 43.3 Å². The number of benzene rings is 2. The van der Waals surface area contributed by atoms with Gasteiger partial charge in [0.05, 0.1) is 36.1 Å². The van der Waals surface area contributed by atoms with Crippen molar-refractivity contribution >= 4 is 16.6 Å². The number of hydrogen-bond donors (Lipinski definition) is 2. The van der Waals surface area contributed by atoms with Crippen molar-refractivity contribution in [2.45, 2.75) is 70.1 Å². The van der Waals surface area contributed by atoms with E-state index in [2.05, 4.69) is 22.0 Å². The second-order valence-electron chi connectivity index (χ2n) is 10.3. The van der Waals surface area contributed by atoms with E-state index in [4.69, 9.17) is 14.2 Å². The van der Waals surface area contributed by atoms with E-state index < -0.39 is 6.41 Å². The van der Waals surface area contributed by atoms with Crippen LogP contribution >= 0.6 is 0 Å². The van der Waals surface area contributed by atoms with Crippen LogP contribution in [0.2, 0.25) is 0 Å². The number of aromatic nitrogens is 1. The van der Waals surface area contributed by atoms with E-state index in [0.29, 0.717) is 24.1 Å². The summed E-state index contributed by atoms with van der Waals surface area (Å²) in [7, 11) is 0. The summed E-state index contributed by atoms with van der Waals surface area (Å²) in [6.45, 7) is 3.37. The standard InChI is InChI=1S/C29H33N3O4/c1-18(19-5-6-19)35-29(33)31-21-9-7-20(8-10-21)28-26(16-30)25-12-11-23(36-24-13-14-34-17-24)15-27(25)32(28)22-3-2-4-22/h7-12,15,18-19,22,24,29,31,33H,2-6,13-14,17H2,1H3. The van der Waals surface area contributed by atoms with Crippen molar-refractivity contribution in [2.24, 2.45) is 5.92 Å². The predicted octanol–water partition coefficient (Wildman–Crippen LogP) is 5.58. The van der Waals surface area contributed by atoms with Crippen LogP contribution in [0.15, 0.2) is 42.5 Å². The summed E-state index contributed by atoms with van der Waals surface area (Å²) >= 11 is 0. The normalized spacial score (nSPS) is 21.6. The molecule has 2 saturated carbocycles. The molecular formula is C29H33N3O4. The van der Waals surface area contributed by atoms with Crippen molar-refractivity contribution in [1.29, 1.82) is 5.26 Å². The minimum Gasteiger partial charge on any atom is -0.488 e. The summed E-state index contributed by atoms with van der Waals surface area (Å²) in [6.07, 6.45) is 5.71. The molecule has 1 aliphatic heterocycles. The fourth-order valence-electron chi connectivity index (χ4n) is 5.36. The van der Waals surface area contributed by atoms with Crippen molar-refractivity contribution in [2.75, 3.05) is 18.5 Å². The van der Waals surface area contributed by atoms with Gasteiger partial charge in [0.2, 0.25) is 6.41 Å². The average Bonchev–Trinajstić information content (AvgIpc) is 3.50. The average molecular weight is 488 g/mol. The number of hydrogen-bond acceptors (Lipinski definition) is 6. The van der Waals surface area contributed by atoms with Crippen molar-refractivity contribution in [3.8, 4) is 23.1 Å². The maximum absolute atomic E-state index is 10.3. The van der Waals surface area contributed by atoms with Crippen LogP contribution in [0.5, 0.6) is 5.75 Å². The van der Waals surface area contributed by atoms with Crippen LogP contribution in [0.25, 0.3) is 22.2 Å². The summed E-state index contributed by atoms with van der Waals surface area (Å²) in [5, 5.41) is 24.5. The molecule has 0 radical (unpaired) electrons. The van der Waals surface area contributed by atoms with Gasteiger partial charge < -0.3 is 29.2 Å². The fourth-order valence-corrected chi connectivity index (χ4v) is 5.36. The first-order valence-corrected chi connectivity index (χ1v) is 13.1. The molecule has 0 amide bonds. The second kappa shape index (κ2) is 9.78. The number of ether oxygens (including phenoxy) is 3. The van der Waals surface area contributed by atoms with E-state index in [1.54, 1.807) is 0 Å². The van der Waals surface area contributed by atoms with E-state index in [-0.39, 0.29) is 12.2 Å². The Morgan fingerprint density at radius 1 is 1.11 bits per heavy atom. The van der Waals surface area contributed by atoms with Crippen LogP contribution in [0.1, 0.15) is 57.1 Å². The van der Waals surface area contributed by atoms with E-state index in [9.17, 15) is 10.4 Å². The molecule has 3 atom stereocenters. The number of anilines is 1. The molecular weight excluding hydrogens is 454 g/mol. The molecule has 3 aromatic rings. The largest absolute Gasteiger partial charge is 0.488 e. The van der Waals surface area contributed by atoms with E-state index in [0.717, 1.165) is 59.5 Å². The Kier molecular flexibility index (Phi) is 6.34. The lowest BCUT2D eigenvalue weighted by Gasteiger charge is -2.30. The number of aliphatic hydroxyl groups is 1. The lowest BCUT2D eigenvalue weighted by molar-refractivity contribution is -0.117. The van der Waals surface area contributed by atoms with Crippen LogP contribution in [-0.4, -0.2) is 41.5 Å². The monoisotopic (exact) mass is 487 g/mol. The minimum atomic E-state index is -1.05. The highest BCUT2D eigenvalue weighted by Crippen LogP contribution is 2.43. The summed E-state index contributed by atoms with van der Waals surface area (Å²) < 4.78 is 19.7. The van der Waals surface area contributed by atoms with Gasteiger partial charge in [-0.2, -0.15) is 5.26 Å². The molecule has 0 bridgehead atoms. The Labute approximate surface area is 211 Å².